The van der Waals surface area contributed by atoms with Crippen molar-refractivity contribution in [1.29, 1.82) is 0 Å². The Hall–Kier alpha value is -3.20. The number of hydrogen-bond donors (Lipinski definition) is 2. The van der Waals surface area contributed by atoms with Crippen LogP contribution in [0, 0.1) is 11.5 Å². The third-order valence-corrected chi connectivity index (χ3v) is 5.53. The summed E-state index contributed by atoms with van der Waals surface area (Å²) in [6.07, 6.45) is 1.11. The first kappa shape index (κ1) is 22.0. The highest BCUT2D eigenvalue weighted by molar-refractivity contribution is 5.87. The van der Waals surface area contributed by atoms with Gasteiger partial charge >= 0.3 is 6.03 Å². The molecule has 1 aliphatic heterocycles. The largest absolute Gasteiger partial charge is 0.493 e. The van der Waals surface area contributed by atoms with Crippen LogP contribution in [0.4, 0.5) is 13.6 Å². The Morgan fingerprint density at radius 2 is 2.12 bits per heavy atom. The van der Waals surface area contributed by atoms with Crippen LogP contribution in [-0.2, 0) is 0 Å². The molecule has 1 fully saturated rings. The SMILES string of the molecule is CC(C)(COc1ccc2[nH]c(-c3c[c]cn(C(N)=O)c3=O)cc2c1)CN1CCC(F)(F)C1. The number of alkyl halides is 2. The monoisotopic (exact) mass is 443 g/mol. The first-order valence-corrected chi connectivity index (χ1v) is 10.3. The summed E-state index contributed by atoms with van der Waals surface area (Å²) < 4.78 is 33.7. The molecule has 1 amide bonds. The Balaban J connectivity index is 1.48. The van der Waals surface area contributed by atoms with E-state index < -0.39 is 17.5 Å². The van der Waals surface area contributed by atoms with Gasteiger partial charge in [0.25, 0.3) is 11.5 Å². The molecule has 2 aromatic heterocycles. The molecule has 1 aromatic carbocycles. The molecule has 169 valence electrons. The second kappa shape index (κ2) is 8.05. The van der Waals surface area contributed by atoms with Crippen molar-refractivity contribution in [2.24, 2.45) is 11.1 Å². The number of nitrogens with zero attached hydrogens (tertiary/aromatic N) is 2. The Bertz CT molecular complexity index is 1220. The summed E-state index contributed by atoms with van der Waals surface area (Å²) in [5.41, 5.74) is 5.98. The van der Waals surface area contributed by atoms with Crippen molar-refractivity contribution in [2.75, 3.05) is 26.2 Å². The van der Waals surface area contributed by atoms with Gasteiger partial charge in [-0.15, -0.1) is 0 Å². The van der Waals surface area contributed by atoms with E-state index in [9.17, 15) is 18.4 Å². The van der Waals surface area contributed by atoms with E-state index in [1.807, 2.05) is 32.0 Å². The number of likely N-dealkylation sites (tertiary alicyclic amines) is 1. The third-order valence-electron chi connectivity index (χ3n) is 5.53. The number of pyridine rings is 1. The normalized spacial score (nSPS) is 16.5. The maximum atomic E-state index is 13.5. The maximum absolute atomic E-state index is 13.5. The molecule has 32 heavy (non-hydrogen) atoms. The molecule has 1 aliphatic rings. The van der Waals surface area contributed by atoms with E-state index in [0.717, 1.165) is 15.5 Å². The lowest BCUT2D eigenvalue weighted by Crippen LogP contribution is -2.37. The summed E-state index contributed by atoms with van der Waals surface area (Å²) in [6.45, 7) is 5.06. The molecule has 0 atom stereocenters. The number of benzene rings is 1. The molecule has 1 saturated heterocycles. The molecule has 0 unspecified atom stereocenters. The van der Waals surface area contributed by atoms with Crippen LogP contribution in [-0.4, -0.2) is 52.6 Å². The molecule has 0 saturated carbocycles. The Morgan fingerprint density at radius 3 is 2.81 bits per heavy atom. The second-order valence-electron chi connectivity index (χ2n) is 9.07. The van der Waals surface area contributed by atoms with Gasteiger partial charge in [-0.3, -0.25) is 9.69 Å². The smallest absolute Gasteiger partial charge is 0.325 e. The van der Waals surface area contributed by atoms with Crippen molar-refractivity contribution in [1.82, 2.24) is 14.5 Å². The molecule has 0 spiro atoms. The third kappa shape index (κ3) is 4.67. The second-order valence-corrected chi connectivity index (χ2v) is 9.07. The number of fused-ring (bicyclic) bond motifs is 1. The van der Waals surface area contributed by atoms with Gasteiger partial charge in [-0.25, -0.2) is 18.1 Å². The summed E-state index contributed by atoms with van der Waals surface area (Å²) in [7, 11) is 0. The van der Waals surface area contributed by atoms with Crippen LogP contribution in [0.25, 0.3) is 22.2 Å². The van der Waals surface area contributed by atoms with Crippen LogP contribution in [0.3, 0.4) is 0 Å². The summed E-state index contributed by atoms with van der Waals surface area (Å²) in [6, 6.07) is 10.6. The van der Waals surface area contributed by atoms with E-state index in [4.69, 9.17) is 10.5 Å². The number of rotatable bonds is 6. The number of carbonyl (C=O) groups is 1. The highest BCUT2D eigenvalue weighted by Gasteiger charge is 2.39. The number of nitrogens with two attached hydrogens (primary N) is 1. The number of nitrogens with one attached hydrogen (secondary N) is 1. The van der Waals surface area contributed by atoms with Crippen LogP contribution in [0.2, 0.25) is 0 Å². The van der Waals surface area contributed by atoms with Crippen molar-refractivity contribution >= 4 is 16.9 Å². The molecule has 1 radical (unpaired) electrons. The quantitative estimate of drug-likeness (QED) is 0.610. The minimum absolute atomic E-state index is 0.0971. The average molecular weight is 443 g/mol. The van der Waals surface area contributed by atoms with E-state index in [-0.39, 0.29) is 23.9 Å². The van der Waals surface area contributed by atoms with Crippen molar-refractivity contribution in [3.05, 3.63) is 52.9 Å². The first-order valence-electron chi connectivity index (χ1n) is 10.3. The van der Waals surface area contributed by atoms with Crippen LogP contribution in [0.1, 0.15) is 20.3 Å². The number of amides is 1. The van der Waals surface area contributed by atoms with E-state index >= 15 is 0 Å². The number of H-pyrrole nitrogens is 1. The highest BCUT2D eigenvalue weighted by Crippen LogP contribution is 2.31. The van der Waals surface area contributed by atoms with Gasteiger partial charge in [-0.05, 0) is 30.3 Å². The van der Waals surface area contributed by atoms with Crippen molar-refractivity contribution in [3.63, 3.8) is 0 Å². The fourth-order valence-electron chi connectivity index (χ4n) is 4.02. The van der Waals surface area contributed by atoms with E-state index in [1.54, 1.807) is 11.0 Å². The number of halogens is 2. The highest BCUT2D eigenvalue weighted by atomic mass is 19.3. The molecule has 7 nitrogen and oxygen atoms in total. The van der Waals surface area contributed by atoms with Crippen molar-refractivity contribution in [2.45, 2.75) is 26.2 Å². The summed E-state index contributed by atoms with van der Waals surface area (Å²) in [5, 5.41) is 0.823. The Kier molecular flexibility index (Phi) is 5.54. The molecule has 0 aliphatic carbocycles. The molecule has 9 heteroatoms. The zero-order chi connectivity index (χ0) is 23.1. The zero-order valence-electron chi connectivity index (χ0n) is 18.0. The lowest BCUT2D eigenvalue weighted by Gasteiger charge is -2.30. The topological polar surface area (TPSA) is 93.3 Å². The van der Waals surface area contributed by atoms with Crippen LogP contribution < -0.4 is 16.0 Å². The average Bonchev–Trinajstić information content (AvgIpc) is 3.28. The van der Waals surface area contributed by atoms with Crippen LogP contribution in [0.15, 0.2) is 41.3 Å². The molecular formula is C23H25F2N4O3. The fourth-order valence-corrected chi connectivity index (χ4v) is 4.02. The van der Waals surface area contributed by atoms with Gasteiger partial charge in [0.2, 0.25) is 0 Å². The molecule has 3 N–H and O–H groups in total. The number of carbonyl (C=O) groups excluding carboxylic acids is 1. The predicted octanol–water partition coefficient (Wildman–Crippen LogP) is 3.47. The number of aromatic amines is 1. The Morgan fingerprint density at radius 1 is 1.34 bits per heavy atom. The minimum atomic E-state index is -2.61. The molecule has 3 aromatic rings. The number of ether oxygens (including phenoxy) is 1. The van der Waals surface area contributed by atoms with E-state index in [0.29, 0.717) is 31.1 Å². The molecule has 4 rings (SSSR count). The van der Waals surface area contributed by atoms with Crippen LogP contribution >= 0.6 is 0 Å². The molecule has 0 bridgehead atoms. The first-order chi connectivity index (χ1) is 15.0. The van der Waals surface area contributed by atoms with Crippen molar-refractivity contribution in [3.8, 4) is 17.0 Å². The Labute approximate surface area is 183 Å². The van der Waals surface area contributed by atoms with Gasteiger partial charge < -0.3 is 15.5 Å². The standard InChI is InChI=1S/C23H25F2N4O3/c1-22(2,12-28-9-7-23(24,25)13-28)14-32-16-5-6-18-15(10-16)11-19(27-18)17-4-3-8-29(20(17)30)21(26)31/h4-6,8,10-11,27H,7,9,12-14H2,1-2H3,(H2,26,31). The summed E-state index contributed by atoms with van der Waals surface area (Å²) in [4.78, 5) is 28.8. The van der Waals surface area contributed by atoms with Gasteiger partial charge in [0.1, 0.15) is 5.75 Å². The minimum Gasteiger partial charge on any atom is -0.493 e. The van der Waals surface area contributed by atoms with Crippen molar-refractivity contribution < 1.29 is 18.3 Å². The number of primary amides is 1. The van der Waals surface area contributed by atoms with Gasteiger partial charge in [-0.1, -0.05) is 13.8 Å². The number of hydrogen-bond acceptors (Lipinski definition) is 4. The molecular weight excluding hydrogens is 418 g/mol. The lowest BCUT2D eigenvalue weighted by atomic mass is 9.94. The predicted molar refractivity (Wildman–Crippen MR) is 117 cm³/mol. The lowest BCUT2D eigenvalue weighted by molar-refractivity contribution is 0.00700. The summed E-state index contributed by atoms with van der Waals surface area (Å²) in [5.74, 6) is -1.97. The fraction of sp³-hybridized carbons (Fsp3) is 0.391. The maximum Gasteiger partial charge on any atom is 0.325 e. The van der Waals surface area contributed by atoms with Gasteiger partial charge in [0.15, 0.2) is 0 Å². The van der Waals surface area contributed by atoms with Gasteiger partial charge in [-0.2, -0.15) is 0 Å². The molecule has 3 heterocycles. The van der Waals surface area contributed by atoms with E-state index in [1.165, 1.54) is 12.3 Å². The zero-order valence-corrected chi connectivity index (χ0v) is 18.0. The summed E-state index contributed by atoms with van der Waals surface area (Å²) >= 11 is 0. The van der Waals surface area contributed by atoms with Gasteiger partial charge in [0, 0.05) is 48.1 Å². The van der Waals surface area contributed by atoms with Crippen LogP contribution in [0.5, 0.6) is 5.75 Å². The number of aromatic nitrogens is 2. The van der Waals surface area contributed by atoms with Gasteiger partial charge in [0.05, 0.1) is 24.4 Å². The van der Waals surface area contributed by atoms with E-state index in [2.05, 4.69) is 11.1 Å².